The van der Waals surface area contributed by atoms with E-state index in [4.69, 9.17) is 9.92 Å². The average Bonchev–Trinajstić information content (AvgIpc) is 2.18. The molecule has 14 heavy (non-hydrogen) atoms. The predicted molar refractivity (Wildman–Crippen MR) is 51.6 cm³/mol. The van der Waals surface area contributed by atoms with Gasteiger partial charge in [0.25, 0.3) is 0 Å². The largest absolute Gasteiger partial charge is 0.326 e. The van der Waals surface area contributed by atoms with Crippen molar-refractivity contribution in [3.05, 3.63) is 27.9 Å². The summed E-state index contributed by atoms with van der Waals surface area (Å²) in [6.07, 6.45) is 1.49. The summed E-state index contributed by atoms with van der Waals surface area (Å²) >= 11 is 0.856. The van der Waals surface area contributed by atoms with Crippen LogP contribution in [0.5, 0.6) is 0 Å². The first-order valence-electron chi connectivity index (χ1n) is 3.73. The topological polar surface area (TPSA) is 91.3 Å². The van der Waals surface area contributed by atoms with Crippen molar-refractivity contribution < 1.29 is 9.11 Å². The highest BCUT2D eigenvalue weighted by Gasteiger charge is 2.16. The number of nitrogens with two attached hydrogens (primary N) is 1. The van der Waals surface area contributed by atoms with E-state index >= 15 is 0 Å². The maximum absolute atomic E-state index is 10.6. The molecule has 0 saturated heterocycles. The summed E-state index contributed by atoms with van der Waals surface area (Å²) in [5.41, 5.74) is 5.88. The summed E-state index contributed by atoms with van der Waals surface area (Å²) in [5, 5.41) is 10.9. The second-order valence-electron chi connectivity index (χ2n) is 2.38. The quantitative estimate of drug-likeness (QED) is 0.459. The van der Waals surface area contributed by atoms with Gasteiger partial charge in [-0.3, -0.25) is 10.1 Å². The summed E-state index contributed by atoms with van der Waals surface area (Å²) in [6, 6.07) is 1.40. The fraction of sp³-hybridized carbons (Fsp3) is 0.286. The van der Waals surface area contributed by atoms with Crippen molar-refractivity contribution in [2.75, 3.05) is 7.11 Å². The van der Waals surface area contributed by atoms with E-state index in [0.717, 1.165) is 12.0 Å². The Bertz CT molecular complexity index is 345. The van der Waals surface area contributed by atoms with Gasteiger partial charge < -0.3 is 9.92 Å². The Morgan fingerprint density at radius 2 is 2.50 bits per heavy atom. The van der Waals surface area contributed by atoms with Gasteiger partial charge in [-0.15, -0.1) is 0 Å². The predicted octanol–water partition coefficient (Wildman–Crippen LogP) is 1.10. The van der Waals surface area contributed by atoms with Crippen molar-refractivity contribution in [2.24, 2.45) is 5.73 Å². The normalized spacial score (nSPS) is 10.1. The molecule has 0 unspecified atom stereocenters. The Morgan fingerprint density at radius 1 is 1.79 bits per heavy atom. The molecule has 1 heterocycles. The van der Waals surface area contributed by atoms with Crippen molar-refractivity contribution in [1.82, 2.24) is 4.98 Å². The second-order valence-corrected chi connectivity index (χ2v) is 3.27. The average molecular weight is 215 g/mol. The van der Waals surface area contributed by atoms with Gasteiger partial charge in [-0.2, -0.15) is 0 Å². The smallest absolute Gasteiger partial charge is 0.304 e. The Hall–Kier alpha value is -1.18. The zero-order valence-corrected chi connectivity index (χ0v) is 8.28. The minimum Gasteiger partial charge on any atom is -0.326 e. The van der Waals surface area contributed by atoms with Crippen LogP contribution >= 0.6 is 12.0 Å². The third-order valence-electron chi connectivity index (χ3n) is 1.48. The van der Waals surface area contributed by atoms with Gasteiger partial charge in [0.05, 0.1) is 24.1 Å². The molecule has 0 atom stereocenters. The molecular formula is C7H9N3O3S. The standard InChI is InChI=1S/C7H9N3O3S/c1-13-14-7-6(10(11)12)2-5(3-8)4-9-7/h2,4H,3,8H2,1H3. The number of nitrogens with zero attached hydrogens (tertiary/aromatic N) is 2. The van der Waals surface area contributed by atoms with E-state index in [-0.39, 0.29) is 17.3 Å². The molecule has 0 bridgehead atoms. The zero-order valence-electron chi connectivity index (χ0n) is 7.47. The number of rotatable bonds is 4. The lowest BCUT2D eigenvalue weighted by Gasteiger charge is -2.01. The van der Waals surface area contributed by atoms with Crippen LogP contribution in [0.2, 0.25) is 0 Å². The molecule has 0 aliphatic carbocycles. The first kappa shape index (κ1) is 10.9. The Balaban J connectivity index is 3.10. The fourth-order valence-electron chi connectivity index (χ4n) is 0.868. The molecule has 1 aromatic heterocycles. The minimum absolute atomic E-state index is 0.0835. The summed E-state index contributed by atoms with van der Waals surface area (Å²) < 4.78 is 4.71. The molecule has 7 heteroatoms. The van der Waals surface area contributed by atoms with Crippen LogP contribution in [0.4, 0.5) is 5.69 Å². The van der Waals surface area contributed by atoms with Crippen LogP contribution in [0.25, 0.3) is 0 Å². The van der Waals surface area contributed by atoms with Crippen LogP contribution in [-0.2, 0) is 10.7 Å². The van der Waals surface area contributed by atoms with Gasteiger partial charge >= 0.3 is 5.69 Å². The van der Waals surface area contributed by atoms with Crippen LogP contribution < -0.4 is 5.73 Å². The summed E-state index contributed by atoms with van der Waals surface area (Å²) in [4.78, 5) is 14.0. The van der Waals surface area contributed by atoms with E-state index in [0.29, 0.717) is 5.56 Å². The Kier molecular flexibility index (Phi) is 3.81. The molecule has 0 fully saturated rings. The SMILES string of the molecule is COSc1ncc(CN)cc1[N+](=O)[O-]. The van der Waals surface area contributed by atoms with E-state index < -0.39 is 4.92 Å². The summed E-state index contributed by atoms with van der Waals surface area (Å²) in [6.45, 7) is 0.228. The summed E-state index contributed by atoms with van der Waals surface area (Å²) in [7, 11) is 1.42. The second kappa shape index (κ2) is 4.89. The van der Waals surface area contributed by atoms with Gasteiger partial charge in [-0.25, -0.2) is 4.98 Å². The van der Waals surface area contributed by atoms with Crippen LogP contribution in [0, 0.1) is 10.1 Å². The molecule has 1 aromatic rings. The minimum atomic E-state index is -0.506. The molecule has 0 spiro atoms. The van der Waals surface area contributed by atoms with Crippen LogP contribution in [0.15, 0.2) is 17.3 Å². The third kappa shape index (κ3) is 2.41. The van der Waals surface area contributed by atoms with Gasteiger partial charge in [0.2, 0.25) is 5.03 Å². The van der Waals surface area contributed by atoms with Crippen molar-refractivity contribution >= 4 is 17.7 Å². The van der Waals surface area contributed by atoms with Crippen molar-refractivity contribution in [3.8, 4) is 0 Å². The molecule has 0 aromatic carbocycles. The van der Waals surface area contributed by atoms with Gasteiger partial charge in [-0.1, -0.05) is 0 Å². The van der Waals surface area contributed by atoms with Gasteiger partial charge in [0.15, 0.2) is 0 Å². The number of aromatic nitrogens is 1. The van der Waals surface area contributed by atoms with E-state index in [9.17, 15) is 10.1 Å². The maximum atomic E-state index is 10.6. The van der Waals surface area contributed by atoms with Gasteiger partial charge in [0, 0.05) is 18.8 Å². The van der Waals surface area contributed by atoms with Crippen molar-refractivity contribution in [1.29, 1.82) is 0 Å². The molecule has 6 nitrogen and oxygen atoms in total. The van der Waals surface area contributed by atoms with Crippen molar-refractivity contribution in [2.45, 2.75) is 11.6 Å². The molecule has 2 N–H and O–H groups in total. The van der Waals surface area contributed by atoms with Crippen LogP contribution in [0.3, 0.4) is 0 Å². The van der Waals surface area contributed by atoms with E-state index in [1.165, 1.54) is 19.4 Å². The molecule has 0 aliphatic heterocycles. The molecule has 0 radical (unpaired) electrons. The lowest BCUT2D eigenvalue weighted by atomic mass is 10.3. The highest BCUT2D eigenvalue weighted by Crippen LogP contribution is 2.27. The zero-order chi connectivity index (χ0) is 10.6. The fourth-order valence-corrected chi connectivity index (χ4v) is 1.34. The van der Waals surface area contributed by atoms with Crippen molar-refractivity contribution in [3.63, 3.8) is 0 Å². The Labute approximate surface area is 84.8 Å². The summed E-state index contributed by atoms with van der Waals surface area (Å²) in [5.74, 6) is 0. The van der Waals surface area contributed by atoms with Crippen LogP contribution in [0.1, 0.15) is 5.56 Å². The molecular weight excluding hydrogens is 206 g/mol. The number of nitro groups is 1. The Morgan fingerprint density at radius 3 is 3.00 bits per heavy atom. The first-order chi connectivity index (χ1) is 6.69. The maximum Gasteiger partial charge on any atom is 0.304 e. The molecule has 76 valence electrons. The number of pyridine rings is 1. The lowest BCUT2D eigenvalue weighted by Crippen LogP contribution is -2.00. The lowest BCUT2D eigenvalue weighted by molar-refractivity contribution is -0.388. The molecule has 1 rings (SSSR count). The van der Waals surface area contributed by atoms with E-state index in [1.54, 1.807) is 0 Å². The van der Waals surface area contributed by atoms with Gasteiger partial charge in [0.1, 0.15) is 0 Å². The van der Waals surface area contributed by atoms with Crippen LogP contribution in [-0.4, -0.2) is 17.0 Å². The van der Waals surface area contributed by atoms with Gasteiger partial charge in [-0.05, 0) is 5.56 Å². The van der Waals surface area contributed by atoms with E-state index in [2.05, 4.69) is 4.98 Å². The number of hydrogen-bond donors (Lipinski definition) is 1. The first-order valence-corrected chi connectivity index (χ1v) is 4.47. The highest BCUT2D eigenvalue weighted by molar-refractivity contribution is 7.94. The highest BCUT2D eigenvalue weighted by atomic mass is 32.2. The van der Waals surface area contributed by atoms with E-state index in [1.807, 2.05) is 0 Å². The molecule has 0 aliphatic rings. The monoisotopic (exact) mass is 215 g/mol. The molecule has 0 amide bonds. The molecule has 0 saturated carbocycles. The number of hydrogen-bond acceptors (Lipinski definition) is 6. The third-order valence-corrected chi connectivity index (χ3v) is 2.12.